The third-order valence-corrected chi connectivity index (χ3v) is 6.88. The van der Waals surface area contributed by atoms with Gasteiger partial charge in [0.05, 0.1) is 30.3 Å². The first-order chi connectivity index (χ1) is 16.5. The van der Waals surface area contributed by atoms with Gasteiger partial charge >= 0.3 is 5.97 Å². The van der Waals surface area contributed by atoms with Crippen LogP contribution in [0.25, 0.3) is 16.2 Å². The maximum atomic E-state index is 13.2. The van der Waals surface area contributed by atoms with Gasteiger partial charge < -0.3 is 15.0 Å². The molecule has 34 heavy (non-hydrogen) atoms. The van der Waals surface area contributed by atoms with E-state index in [-0.39, 0.29) is 17.6 Å². The molecule has 1 saturated heterocycles. The Morgan fingerprint density at radius 3 is 2.56 bits per heavy atom. The minimum Gasteiger partial charge on any atom is -0.465 e. The number of hydrogen-bond donors (Lipinski definition) is 1. The van der Waals surface area contributed by atoms with Gasteiger partial charge in [-0.15, -0.1) is 5.10 Å². The zero-order valence-corrected chi connectivity index (χ0v) is 19.2. The molecule has 1 aliphatic heterocycles. The minimum absolute atomic E-state index is 0.103. The number of para-hydroxylation sites is 1. The summed E-state index contributed by atoms with van der Waals surface area (Å²) >= 11 is 1.48. The highest BCUT2D eigenvalue weighted by atomic mass is 32.1. The van der Waals surface area contributed by atoms with Crippen molar-refractivity contribution in [3.05, 3.63) is 66.1 Å². The molecule has 10 heteroatoms. The van der Waals surface area contributed by atoms with E-state index in [2.05, 4.69) is 20.3 Å². The van der Waals surface area contributed by atoms with E-state index in [0.29, 0.717) is 37.2 Å². The fourth-order valence-electron chi connectivity index (χ4n) is 4.02. The van der Waals surface area contributed by atoms with Crippen molar-refractivity contribution in [3.8, 4) is 11.3 Å². The van der Waals surface area contributed by atoms with Gasteiger partial charge in [0.15, 0.2) is 0 Å². The Morgan fingerprint density at radius 1 is 1.12 bits per heavy atom. The van der Waals surface area contributed by atoms with Crippen molar-refractivity contribution in [2.24, 2.45) is 5.92 Å². The van der Waals surface area contributed by atoms with Crippen molar-refractivity contribution in [1.29, 1.82) is 0 Å². The lowest BCUT2D eigenvalue weighted by Crippen LogP contribution is -2.38. The van der Waals surface area contributed by atoms with Gasteiger partial charge in [-0.25, -0.2) is 18.7 Å². The zero-order chi connectivity index (χ0) is 23.7. The fourth-order valence-corrected chi connectivity index (χ4v) is 4.96. The Labute approximate surface area is 199 Å². The first kappa shape index (κ1) is 22.0. The van der Waals surface area contributed by atoms with E-state index in [4.69, 9.17) is 4.74 Å². The van der Waals surface area contributed by atoms with Gasteiger partial charge in [0.25, 0.3) is 0 Å². The van der Waals surface area contributed by atoms with Gasteiger partial charge in [-0.05, 0) is 49.2 Å². The molecule has 0 unspecified atom stereocenters. The van der Waals surface area contributed by atoms with Gasteiger partial charge in [0.1, 0.15) is 5.82 Å². The van der Waals surface area contributed by atoms with Gasteiger partial charge in [-0.3, -0.25) is 4.79 Å². The summed E-state index contributed by atoms with van der Waals surface area (Å²) in [7, 11) is 1.32. The Hall–Kier alpha value is -3.79. The van der Waals surface area contributed by atoms with Gasteiger partial charge in [-0.2, -0.15) is 0 Å². The van der Waals surface area contributed by atoms with Crippen LogP contribution >= 0.6 is 11.3 Å². The predicted molar refractivity (Wildman–Crippen MR) is 128 cm³/mol. The molecule has 0 aliphatic carbocycles. The normalized spacial score (nSPS) is 14.4. The van der Waals surface area contributed by atoms with Crippen LogP contribution in [0.15, 0.2) is 54.7 Å². The molecule has 0 spiro atoms. The zero-order valence-electron chi connectivity index (χ0n) is 18.4. The fraction of sp³-hybridized carbons (Fsp3) is 0.250. The summed E-state index contributed by atoms with van der Waals surface area (Å²) in [6, 6.07) is 13.0. The summed E-state index contributed by atoms with van der Waals surface area (Å²) < 4.78 is 19.7. The monoisotopic (exact) mass is 479 g/mol. The standard InChI is InChI=1S/C24H22FN5O3S/c1-33-22(32)18-4-2-3-5-19(18)26-21(31)16-10-12-29(13-11-16)24-28-30-14-20(27-23(30)34-24)15-6-8-17(25)9-7-15/h2-9,14,16H,10-13H2,1H3,(H,26,31). The van der Waals surface area contributed by atoms with E-state index in [0.717, 1.165) is 21.3 Å². The number of methoxy groups -OCH3 is 1. The highest BCUT2D eigenvalue weighted by Gasteiger charge is 2.28. The quantitative estimate of drug-likeness (QED) is 0.431. The van der Waals surface area contributed by atoms with Crippen molar-refractivity contribution >= 4 is 39.0 Å². The van der Waals surface area contributed by atoms with Crippen molar-refractivity contribution < 1.29 is 18.7 Å². The Bertz CT molecular complexity index is 1310. The molecule has 0 radical (unpaired) electrons. The van der Waals surface area contributed by atoms with Crippen molar-refractivity contribution in [2.45, 2.75) is 12.8 Å². The van der Waals surface area contributed by atoms with Crippen LogP contribution in [-0.4, -0.2) is 46.7 Å². The highest BCUT2D eigenvalue weighted by molar-refractivity contribution is 7.20. The van der Waals surface area contributed by atoms with E-state index in [1.165, 1.54) is 30.6 Å². The van der Waals surface area contributed by atoms with E-state index in [1.54, 1.807) is 40.9 Å². The van der Waals surface area contributed by atoms with Gasteiger partial charge in [0, 0.05) is 24.6 Å². The highest BCUT2D eigenvalue weighted by Crippen LogP contribution is 2.30. The molecule has 0 atom stereocenters. The van der Waals surface area contributed by atoms with Crippen LogP contribution in [0.1, 0.15) is 23.2 Å². The number of fused-ring (bicyclic) bond motifs is 1. The van der Waals surface area contributed by atoms with Crippen LogP contribution in [0, 0.1) is 11.7 Å². The molecule has 1 fully saturated rings. The smallest absolute Gasteiger partial charge is 0.339 e. The number of carbonyl (C=O) groups excluding carboxylic acids is 2. The van der Waals surface area contributed by atoms with Gasteiger partial charge in [-0.1, -0.05) is 23.5 Å². The van der Waals surface area contributed by atoms with Crippen molar-refractivity contribution in [1.82, 2.24) is 14.6 Å². The summed E-state index contributed by atoms with van der Waals surface area (Å²) in [6.45, 7) is 1.39. The molecule has 1 amide bonds. The molecule has 0 bridgehead atoms. The van der Waals surface area contributed by atoms with Crippen LogP contribution in [0.4, 0.5) is 15.2 Å². The number of anilines is 2. The number of piperidine rings is 1. The number of imidazole rings is 1. The molecule has 2 aromatic carbocycles. The van der Waals surface area contributed by atoms with E-state index < -0.39 is 5.97 Å². The van der Waals surface area contributed by atoms with E-state index >= 15 is 0 Å². The lowest BCUT2D eigenvalue weighted by atomic mass is 9.96. The first-order valence-corrected chi connectivity index (χ1v) is 11.7. The largest absolute Gasteiger partial charge is 0.465 e. The molecule has 8 nitrogen and oxygen atoms in total. The van der Waals surface area contributed by atoms with Crippen molar-refractivity contribution in [2.75, 3.05) is 30.4 Å². The Balaban J connectivity index is 1.22. The minimum atomic E-state index is -0.484. The number of rotatable bonds is 5. The average molecular weight is 480 g/mol. The number of nitrogens with one attached hydrogen (secondary N) is 1. The average Bonchev–Trinajstić information content (AvgIpc) is 3.44. The first-order valence-electron chi connectivity index (χ1n) is 10.9. The SMILES string of the molecule is COC(=O)c1ccccc1NC(=O)C1CCN(c2nn3cc(-c4ccc(F)cc4)nc3s2)CC1. The number of carbonyl (C=O) groups is 2. The predicted octanol–water partition coefficient (Wildman–Crippen LogP) is 4.24. The third-order valence-electron chi connectivity index (χ3n) is 5.90. The summed E-state index contributed by atoms with van der Waals surface area (Å²) in [5.74, 6) is -1.03. The summed E-state index contributed by atoms with van der Waals surface area (Å²) in [5, 5.41) is 8.38. The number of hydrogen-bond acceptors (Lipinski definition) is 7. The summed E-state index contributed by atoms with van der Waals surface area (Å²) in [4.78, 5) is 32.3. The molecule has 1 aliphatic rings. The van der Waals surface area contributed by atoms with Crippen LogP contribution < -0.4 is 10.2 Å². The number of aromatic nitrogens is 3. The summed E-state index contributed by atoms with van der Waals surface area (Å²) in [6.07, 6.45) is 3.19. The second-order valence-corrected chi connectivity index (χ2v) is 8.97. The number of esters is 1. The molecule has 4 aromatic rings. The summed E-state index contributed by atoms with van der Waals surface area (Å²) in [5.41, 5.74) is 2.37. The molecule has 174 valence electrons. The molecule has 1 N–H and O–H groups in total. The molecule has 0 saturated carbocycles. The van der Waals surface area contributed by atoms with E-state index in [9.17, 15) is 14.0 Å². The van der Waals surface area contributed by atoms with E-state index in [1.807, 2.05) is 6.20 Å². The molecule has 2 aromatic heterocycles. The second-order valence-electron chi connectivity index (χ2n) is 8.03. The van der Waals surface area contributed by atoms with Crippen LogP contribution in [-0.2, 0) is 9.53 Å². The van der Waals surface area contributed by atoms with Crippen LogP contribution in [0.3, 0.4) is 0 Å². The Morgan fingerprint density at radius 2 is 1.85 bits per heavy atom. The lowest BCUT2D eigenvalue weighted by Gasteiger charge is -2.30. The number of benzene rings is 2. The number of ether oxygens (including phenoxy) is 1. The maximum Gasteiger partial charge on any atom is 0.339 e. The van der Waals surface area contributed by atoms with Gasteiger partial charge in [0.2, 0.25) is 16.0 Å². The third kappa shape index (κ3) is 4.36. The second kappa shape index (κ2) is 9.22. The molecular formula is C24H22FN5O3S. The number of nitrogens with zero attached hydrogens (tertiary/aromatic N) is 4. The Kier molecular flexibility index (Phi) is 5.97. The molecule has 5 rings (SSSR count). The maximum absolute atomic E-state index is 13.2. The number of amides is 1. The van der Waals surface area contributed by atoms with Crippen molar-refractivity contribution in [3.63, 3.8) is 0 Å². The van der Waals surface area contributed by atoms with Crippen LogP contribution in [0.2, 0.25) is 0 Å². The topological polar surface area (TPSA) is 88.8 Å². The lowest BCUT2D eigenvalue weighted by molar-refractivity contribution is -0.120. The molecule has 3 heterocycles. The number of halogens is 1. The van der Waals surface area contributed by atoms with Crippen LogP contribution in [0.5, 0.6) is 0 Å². The molecular weight excluding hydrogens is 457 g/mol.